The number of carbonyl (C=O) groups is 1. The Balaban J connectivity index is 2.15. The molecule has 1 fully saturated rings. The second-order valence-corrected chi connectivity index (χ2v) is 4.10. The van der Waals surface area contributed by atoms with Gasteiger partial charge in [0.2, 0.25) is 0 Å². The van der Waals surface area contributed by atoms with Crippen molar-refractivity contribution >= 4 is 11.6 Å². The standard InChI is InChI=1S/C12H14F2N2O2/c1-15-11-9(13)4-7(5-10(11)14)12(17)16-8-2-3-18-6-8/h4-5,8,15H,2-3,6H2,1H3,(H,16,17). The third-order valence-corrected chi connectivity index (χ3v) is 2.82. The van der Waals surface area contributed by atoms with Gasteiger partial charge in [0.25, 0.3) is 5.91 Å². The van der Waals surface area contributed by atoms with Gasteiger partial charge in [-0.25, -0.2) is 8.78 Å². The van der Waals surface area contributed by atoms with E-state index >= 15 is 0 Å². The number of ether oxygens (including phenoxy) is 1. The lowest BCUT2D eigenvalue weighted by molar-refractivity contribution is 0.0929. The first-order valence-electron chi connectivity index (χ1n) is 5.67. The largest absolute Gasteiger partial charge is 0.383 e. The van der Waals surface area contributed by atoms with Crippen molar-refractivity contribution in [3.63, 3.8) is 0 Å². The van der Waals surface area contributed by atoms with E-state index < -0.39 is 17.5 Å². The molecule has 1 aliphatic rings. The van der Waals surface area contributed by atoms with Crippen LogP contribution in [0.4, 0.5) is 14.5 Å². The summed E-state index contributed by atoms with van der Waals surface area (Å²) in [6.07, 6.45) is 0.714. The Morgan fingerprint density at radius 2 is 2.06 bits per heavy atom. The fourth-order valence-electron chi connectivity index (χ4n) is 1.86. The lowest BCUT2D eigenvalue weighted by atomic mass is 10.1. The molecule has 98 valence electrons. The van der Waals surface area contributed by atoms with Gasteiger partial charge >= 0.3 is 0 Å². The molecule has 0 radical (unpaired) electrons. The summed E-state index contributed by atoms with van der Waals surface area (Å²) < 4.78 is 32.1. The molecule has 0 aliphatic carbocycles. The third-order valence-electron chi connectivity index (χ3n) is 2.82. The van der Waals surface area contributed by atoms with Gasteiger partial charge in [-0.1, -0.05) is 0 Å². The molecule has 1 aromatic carbocycles. The van der Waals surface area contributed by atoms with Crippen LogP contribution in [0.3, 0.4) is 0 Å². The lowest BCUT2D eigenvalue weighted by Crippen LogP contribution is -2.35. The van der Waals surface area contributed by atoms with Gasteiger partial charge in [0.15, 0.2) is 0 Å². The lowest BCUT2D eigenvalue weighted by Gasteiger charge is -2.12. The highest BCUT2D eigenvalue weighted by atomic mass is 19.1. The summed E-state index contributed by atoms with van der Waals surface area (Å²) in [6.45, 7) is 1.03. The molecule has 2 rings (SSSR count). The number of hydrogen-bond acceptors (Lipinski definition) is 3. The number of carbonyl (C=O) groups excluding carboxylic acids is 1. The minimum absolute atomic E-state index is 0.0316. The van der Waals surface area contributed by atoms with Crippen LogP contribution in [-0.2, 0) is 4.74 Å². The molecule has 0 bridgehead atoms. The molecule has 4 nitrogen and oxygen atoms in total. The second-order valence-electron chi connectivity index (χ2n) is 4.10. The number of hydrogen-bond donors (Lipinski definition) is 2. The van der Waals surface area contributed by atoms with Crippen molar-refractivity contribution in [2.75, 3.05) is 25.6 Å². The van der Waals surface area contributed by atoms with Gasteiger partial charge in [0.05, 0.1) is 12.6 Å². The maximum atomic E-state index is 13.5. The molecule has 2 N–H and O–H groups in total. The molecular weight excluding hydrogens is 242 g/mol. The first-order chi connectivity index (χ1) is 8.61. The Hall–Kier alpha value is -1.69. The van der Waals surface area contributed by atoms with Gasteiger partial charge < -0.3 is 15.4 Å². The summed E-state index contributed by atoms with van der Waals surface area (Å²) in [4.78, 5) is 11.8. The van der Waals surface area contributed by atoms with Crippen molar-refractivity contribution in [3.8, 4) is 0 Å². The third kappa shape index (κ3) is 2.59. The van der Waals surface area contributed by atoms with E-state index in [-0.39, 0.29) is 17.3 Å². The number of halogens is 2. The normalized spacial score (nSPS) is 18.7. The van der Waals surface area contributed by atoms with Gasteiger partial charge in [-0.3, -0.25) is 4.79 Å². The molecule has 1 saturated heterocycles. The van der Waals surface area contributed by atoms with Crippen LogP contribution >= 0.6 is 0 Å². The number of rotatable bonds is 3. The van der Waals surface area contributed by atoms with E-state index in [1.54, 1.807) is 0 Å². The smallest absolute Gasteiger partial charge is 0.251 e. The number of anilines is 1. The quantitative estimate of drug-likeness (QED) is 0.862. The molecule has 1 aliphatic heterocycles. The average Bonchev–Trinajstić information content (AvgIpc) is 2.81. The minimum Gasteiger partial charge on any atom is -0.383 e. The molecule has 1 amide bonds. The highest BCUT2D eigenvalue weighted by molar-refractivity contribution is 5.94. The van der Waals surface area contributed by atoms with E-state index in [4.69, 9.17) is 4.74 Å². The summed E-state index contributed by atoms with van der Waals surface area (Å²) in [7, 11) is 1.41. The first-order valence-corrected chi connectivity index (χ1v) is 5.67. The SMILES string of the molecule is CNc1c(F)cc(C(=O)NC2CCOC2)cc1F. The maximum Gasteiger partial charge on any atom is 0.251 e. The second kappa shape index (κ2) is 5.30. The Morgan fingerprint density at radius 1 is 1.39 bits per heavy atom. The Bertz CT molecular complexity index is 436. The van der Waals surface area contributed by atoms with Crippen molar-refractivity contribution in [2.24, 2.45) is 0 Å². The Morgan fingerprint density at radius 3 is 2.56 bits per heavy atom. The maximum absolute atomic E-state index is 13.5. The fraction of sp³-hybridized carbons (Fsp3) is 0.417. The molecule has 0 spiro atoms. The highest BCUT2D eigenvalue weighted by Crippen LogP contribution is 2.20. The van der Waals surface area contributed by atoms with Crippen LogP contribution < -0.4 is 10.6 Å². The molecule has 18 heavy (non-hydrogen) atoms. The molecule has 1 aromatic rings. The van der Waals surface area contributed by atoms with Crippen LogP contribution in [0, 0.1) is 11.6 Å². The van der Waals surface area contributed by atoms with E-state index in [1.807, 2.05) is 0 Å². The van der Waals surface area contributed by atoms with Crippen LogP contribution in [0.15, 0.2) is 12.1 Å². The zero-order valence-corrected chi connectivity index (χ0v) is 9.93. The van der Waals surface area contributed by atoms with Gasteiger partial charge in [-0.05, 0) is 18.6 Å². The van der Waals surface area contributed by atoms with Crippen LogP contribution in [0.2, 0.25) is 0 Å². The van der Waals surface area contributed by atoms with Crippen molar-refractivity contribution in [2.45, 2.75) is 12.5 Å². The van der Waals surface area contributed by atoms with Crippen molar-refractivity contribution < 1.29 is 18.3 Å². The van der Waals surface area contributed by atoms with Gasteiger partial charge in [0, 0.05) is 19.2 Å². The first kappa shape index (κ1) is 12.8. The molecule has 1 atom stereocenters. The Kier molecular flexibility index (Phi) is 3.76. The Labute approximate surface area is 103 Å². The van der Waals surface area contributed by atoms with E-state index in [0.717, 1.165) is 12.1 Å². The van der Waals surface area contributed by atoms with Crippen LogP contribution in [-0.4, -0.2) is 32.2 Å². The zero-order valence-electron chi connectivity index (χ0n) is 9.93. The highest BCUT2D eigenvalue weighted by Gasteiger charge is 2.20. The summed E-state index contributed by atoms with van der Waals surface area (Å²) in [5.74, 6) is -2.07. The topological polar surface area (TPSA) is 50.4 Å². The van der Waals surface area contributed by atoms with Crippen LogP contribution in [0.25, 0.3) is 0 Å². The number of benzene rings is 1. The van der Waals surface area contributed by atoms with E-state index in [0.29, 0.717) is 19.6 Å². The summed E-state index contributed by atoms with van der Waals surface area (Å²) >= 11 is 0. The van der Waals surface area contributed by atoms with Crippen LogP contribution in [0.5, 0.6) is 0 Å². The molecule has 0 saturated carbocycles. The monoisotopic (exact) mass is 256 g/mol. The zero-order chi connectivity index (χ0) is 13.1. The van der Waals surface area contributed by atoms with E-state index in [2.05, 4.69) is 10.6 Å². The summed E-state index contributed by atoms with van der Waals surface area (Å²) in [6, 6.07) is 1.94. The van der Waals surface area contributed by atoms with E-state index in [1.165, 1.54) is 7.05 Å². The number of amides is 1. The molecule has 0 aromatic heterocycles. The molecule has 6 heteroatoms. The van der Waals surface area contributed by atoms with Crippen molar-refractivity contribution in [1.29, 1.82) is 0 Å². The summed E-state index contributed by atoms with van der Waals surface area (Å²) in [5.41, 5.74) is -0.272. The molecule has 1 unspecified atom stereocenters. The predicted molar refractivity (Wildman–Crippen MR) is 62.6 cm³/mol. The van der Waals surface area contributed by atoms with Gasteiger partial charge in [-0.15, -0.1) is 0 Å². The molecule has 1 heterocycles. The van der Waals surface area contributed by atoms with Gasteiger partial charge in [-0.2, -0.15) is 0 Å². The predicted octanol–water partition coefficient (Wildman–Crippen LogP) is 1.53. The fourth-order valence-corrected chi connectivity index (χ4v) is 1.86. The van der Waals surface area contributed by atoms with Crippen molar-refractivity contribution in [3.05, 3.63) is 29.3 Å². The number of nitrogens with one attached hydrogen (secondary N) is 2. The molecular formula is C12H14F2N2O2. The van der Waals surface area contributed by atoms with Crippen LogP contribution in [0.1, 0.15) is 16.8 Å². The average molecular weight is 256 g/mol. The van der Waals surface area contributed by atoms with Crippen molar-refractivity contribution in [1.82, 2.24) is 5.32 Å². The summed E-state index contributed by atoms with van der Waals surface area (Å²) in [5, 5.41) is 5.07. The van der Waals surface area contributed by atoms with E-state index in [9.17, 15) is 13.6 Å². The van der Waals surface area contributed by atoms with Gasteiger partial charge in [0.1, 0.15) is 17.3 Å². The minimum atomic E-state index is -0.787.